The summed E-state index contributed by atoms with van der Waals surface area (Å²) in [6.45, 7) is 2.93. The third-order valence-corrected chi connectivity index (χ3v) is 4.16. The van der Waals surface area contributed by atoms with Crippen molar-refractivity contribution in [2.45, 2.75) is 38.6 Å². The molecule has 2 rings (SSSR count). The van der Waals surface area contributed by atoms with E-state index in [2.05, 4.69) is 12.2 Å². The molecular weight excluding hydrogens is 246 g/mol. The van der Waals surface area contributed by atoms with Crippen LogP contribution in [0.15, 0.2) is 18.2 Å². The van der Waals surface area contributed by atoms with Crippen molar-refractivity contribution in [2.75, 3.05) is 13.7 Å². The molecule has 100 valence electrons. The molecule has 1 N–H and O–H groups in total. The average Bonchev–Trinajstić information content (AvgIpc) is 2.88. The average molecular weight is 268 g/mol. The number of benzene rings is 1. The number of rotatable bonds is 5. The molecule has 0 aliphatic heterocycles. The zero-order chi connectivity index (χ0) is 13.0. The summed E-state index contributed by atoms with van der Waals surface area (Å²) in [7, 11) is 1.94. The molecule has 0 spiro atoms. The maximum absolute atomic E-state index is 6.28. The van der Waals surface area contributed by atoms with Crippen LogP contribution in [0.4, 0.5) is 0 Å². The van der Waals surface area contributed by atoms with Gasteiger partial charge in [-0.2, -0.15) is 0 Å². The number of nitrogens with one attached hydrogen (secondary N) is 1. The van der Waals surface area contributed by atoms with Crippen LogP contribution in [0.2, 0.25) is 5.02 Å². The Hall–Kier alpha value is -0.730. The molecule has 1 unspecified atom stereocenters. The van der Waals surface area contributed by atoms with Gasteiger partial charge < -0.3 is 10.1 Å². The second kappa shape index (κ2) is 6.44. The summed E-state index contributed by atoms with van der Waals surface area (Å²) in [4.78, 5) is 0. The van der Waals surface area contributed by atoms with Crippen LogP contribution in [0.3, 0.4) is 0 Å². The fourth-order valence-electron chi connectivity index (χ4n) is 2.50. The van der Waals surface area contributed by atoms with Gasteiger partial charge in [0.1, 0.15) is 5.75 Å². The molecular formula is C15H22ClNO. The molecule has 2 nitrogen and oxygen atoms in total. The maximum Gasteiger partial charge on any atom is 0.120 e. The minimum absolute atomic E-state index is 0.265. The minimum atomic E-state index is 0.265. The Bertz CT molecular complexity index is 388. The molecule has 0 bridgehead atoms. The van der Waals surface area contributed by atoms with Crippen LogP contribution in [0, 0.1) is 5.92 Å². The lowest BCUT2D eigenvalue weighted by Gasteiger charge is -2.15. The summed E-state index contributed by atoms with van der Waals surface area (Å²) < 4.78 is 5.83. The highest BCUT2D eigenvalue weighted by Crippen LogP contribution is 2.29. The predicted molar refractivity (Wildman–Crippen MR) is 76.4 cm³/mol. The SMILES string of the molecule is CNC(C)c1ccc(OCC2CCCC2)cc1Cl. The van der Waals surface area contributed by atoms with Gasteiger partial charge in [-0.15, -0.1) is 0 Å². The van der Waals surface area contributed by atoms with E-state index < -0.39 is 0 Å². The van der Waals surface area contributed by atoms with Crippen molar-refractivity contribution in [2.24, 2.45) is 5.92 Å². The van der Waals surface area contributed by atoms with Gasteiger partial charge in [0.25, 0.3) is 0 Å². The fraction of sp³-hybridized carbons (Fsp3) is 0.600. The summed E-state index contributed by atoms with van der Waals surface area (Å²) >= 11 is 6.28. The third kappa shape index (κ3) is 3.39. The highest BCUT2D eigenvalue weighted by molar-refractivity contribution is 6.31. The van der Waals surface area contributed by atoms with Gasteiger partial charge in [0.05, 0.1) is 6.61 Å². The molecule has 0 saturated heterocycles. The van der Waals surface area contributed by atoms with Crippen LogP contribution in [-0.2, 0) is 0 Å². The van der Waals surface area contributed by atoms with E-state index in [1.807, 2.05) is 25.2 Å². The Kier molecular flexibility index (Phi) is 4.90. The van der Waals surface area contributed by atoms with Gasteiger partial charge in [0.15, 0.2) is 0 Å². The molecule has 0 aromatic heterocycles. The Morgan fingerprint density at radius 3 is 2.72 bits per heavy atom. The Labute approximate surface area is 115 Å². The van der Waals surface area contributed by atoms with Gasteiger partial charge in [-0.25, -0.2) is 0 Å². The molecule has 3 heteroatoms. The van der Waals surface area contributed by atoms with Crippen molar-refractivity contribution < 1.29 is 4.74 Å². The highest BCUT2D eigenvalue weighted by atomic mass is 35.5. The molecule has 1 aliphatic carbocycles. The fourth-order valence-corrected chi connectivity index (χ4v) is 2.83. The molecule has 18 heavy (non-hydrogen) atoms. The van der Waals surface area contributed by atoms with Gasteiger partial charge in [-0.1, -0.05) is 30.5 Å². The van der Waals surface area contributed by atoms with Crippen molar-refractivity contribution in [3.05, 3.63) is 28.8 Å². The molecule has 0 heterocycles. The van der Waals surface area contributed by atoms with E-state index in [0.29, 0.717) is 0 Å². The Morgan fingerprint density at radius 2 is 2.11 bits per heavy atom. The summed E-state index contributed by atoms with van der Waals surface area (Å²) in [5, 5.41) is 3.97. The van der Waals surface area contributed by atoms with Crippen LogP contribution in [0.25, 0.3) is 0 Å². The van der Waals surface area contributed by atoms with Gasteiger partial charge in [0, 0.05) is 11.1 Å². The topological polar surface area (TPSA) is 21.3 Å². The Morgan fingerprint density at radius 1 is 1.39 bits per heavy atom. The Balaban J connectivity index is 1.95. The standard InChI is InChI=1S/C15H22ClNO/c1-11(17-2)14-8-7-13(9-15(14)16)18-10-12-5-3-4-6-12/h7-9,11-12,17H,3-6,10H2,1-2H3. The van der Waals surface area contributed by atoms with Crippen molar-refractivity contribution in [3.8, 4) is 5.75 Å². The van der Waals surface area contributed by atoms with Crippen LogP contribution in [-0.4, -0.2) is 13.7 Å². The third-order valence-electron chi connectivity index (χ3n) is 3.83. The van der Waals surface area contributed by atoms with Crippen LogP contribution < -0.4 is 10.1 Å². The molecule has 1 aromatic rings. The van der Waals surface area contributed by atoms with E-state index >= 15 is 0 Å². The van der Waals surface area contributed by atoms with E-state index in [-0.39, 0.29) is 6.04 Å². The molecule has 1 atom stereocenters. The summed E-state index contributed by atoms with van der Waals surface area (Å²) in [5.41, 5.74) is 1.12. The highest BCUT2D eigenvalue weighted by Gasteiger charge is 2.16. The first kappa shape index (κ1) is 13.7. The molecule has 0 radical (unpaired) electrons. The van der Waals surface area contributed by atoms with Crippen molar-refractivity contribution >= 4 is 11.6 Å². The number of hydrogen-bond acceptors (Lipinski definition) is 2. The molecule has 1 aromatic carbocycles. The van der Waals surface area contributed by atoms with Gasteiger partial charge in [0.2, 0.25) is 0 Å². The zero-order valence-corrected chi connectivity index (χ0v) is 12.0. The first-order valence-electron chi connectivity index (χ1n) is 6.80. The van der Waals surface area contributed by atoms with E-state index in [9.17, 15) is 0 Å². The summed E-state index contributed by atoms with van der Waals surface area (Å²) in [5.74, 6) is 1.62. The van der Waals surface area contributed by atoms with E-state index in [1.54, 1.807) is 0 Å². The molecule has 1 aliphatic rings. The van der Waals surface area contributed by atoms with E-state index in [4.69, 9.17) is 16.3 Å². The lowest BCUT2D eigenvalue weighted by Crippen LogP contribution is -2.13. The van der Waals surface area contributed by atoms with Gasteiger partial charge in [-0.05, 0) is 50.4 Å². The monoisotopic (exact) mass is 267 g/mol. The second-order valence-electron chi connectivity index (χ2n) is 5.16. The summed E-state index contributed by atoms with van der Waals surface area (Å²) in [6.07, 6.45) is 5.33. The lowest BCUT2D eigenvalue weighted by atomic mass is 10.1. The zero-order valence-electron chi connectivity index (χ0n) is 11.2. The van der Waals surface area contributed by atoms with E-state index in [1.165, 1.54) is 25.7 Å². The first-order valence-corrected chi connectivity index (χ1v) is 7.18. The largest absolute Gasteiger partial charge is 0.493 e. The first-order chi connectivity index (χ1) is 8.70. The maximum atomic E-state index is 6.28. The van der Waals surface area contributed by atoms with E-state index in [0.717, 1.165) is 28.9 Å². The van der Waals surface area contributed by atoms with Crippen LogP contribution in [0.1, 0.15) is 44.2 Å². The van der Waals surface area contributed by atoms with Crippen molar-refractivity contribution in [1.29, 1.82) is 0 Å². The van der Waals surface area contributed by atoms with Gasteiger partial charge >= 0.3 is 0 Å². The minimum Gasteiger partial charge on any atom is -0.493 e. The quantitative estimate of drug-likeness (QED) is 0.864. The van der Waals surface area contributed by atoms with Crippen molar-refractivity contribution in [1.82, 2.24) is 5.32 Å². The smallest absolute Gasteiger partial charge is 0.120 e. The predicted octanol–water partition coefficient (Wildman–Crippen LogP) is 4.19. The molecule has 0 amide bonds. The number of hydrogen-bond donors (Lipinski definition) is 1. The molecule has 1 saturated carbocycles. The van der Waals surface area contributed by atoms with Gasteiger partial charge in [-0.3, -0.25) is 0 Å². The normalized spacial score (nSPS) is 17.9. The van der Waals surface area contributed by atoms with Crippen LogP contribution in [0.5, 0.6) is 5.75 Å². The number of ether oxygens (including phenoxy) is 1. The molecule has 1 fully saturated rings. The van der Waals surface area contributed by atoms with Crippen LogP contribution >= 0.6 is 11.6 Å². The number of halogens is 1. The lowest BCUT2D eigenvalue weighted by molar-refractivity contribution is 0.252. The second-order valence-corrected chi connectivity index (χ2v) is 5.56. The van der Waals surface area contributed by atoms with Crippen molar-refractivity contribution in [3.63, 3.8) is 0 Å². The summed E-state index contributed by atoms with van der Waals surface area (Å²) in [6, 6.07) is 6.26.